The van der Waals surface area contributed by atoms with Crippen molar-refractivity contribution in [1.29, 1.82) is 10.5 Å². The predicted octanol–water partition coefficient (Wildman–Crippen LogP) is 10.0. The van der Waals surface area contributed by atoms with Crippen molar-refractivity contribution in [1.82, 2.24) is 4.98 Å². The summed E-state index contributed by atoms with van der Waals surface area (Å²) in [5.74, 6) is -0.600. The first kappa shape index (κ1) is 44.1. The molecule has 0 bridgehead atoms. The van der Waals surface area contributed by atoms with Crippen LogP contribution in [0.4, 0.5) is 0 Å². The summed E-state index contributed by atoms with van der Waals surface area (Å²) in [5, 5.41) is 29.0. The molecule has 5 aromatic rings. The van der Waals surface area contributed by atoms with Crippen molar-refractivity contribution in [3.63, 3.8) is 0 Å². The molecular weight excluding hydrogens is 799 g/mol. The van der Waals surface area contributed by atoms with Crippen molar-refractivity contribution in [2.24, 2.45) is 11.8 Å². The summed E-state index contributed by atoms with van der Waals surface area (Å²) in [5.41, 5.74) is 4.30. The summed E-state index contributed by atoms with van der Waals surface area (Å²) in [6.45, 7) is 0.807. The van der Waals surface area contributed by atoms with Gasteiger partial charge in [-0.3, -0.25) is 14.6 Å². The topological polar surface area (TPSA) is 170 Å². The third kappa shape index (κ3) is 12.1. The van der Waals surface area contributed by atoms with Crippen molar-refractivity contribution >= 4 is 11.9 Å². The molecule has 63 heavy (non-hydrogen) atoms. The Kier molecular flexibility index (Phi) is 15.6. The van der Waals surface area contributed by atoms with Crippen LogP contribution >= 0.6 is 0 Å². The standard InChI is InChI=1S/C51H47N3O9/c52-30-35-21-25-37(26-22-35)50-58-33-40(48(62-50)39-14-11-29-54-32-39)12-3-1-5-19-46(56)60-44-17-9-10-18-45(44)61-47(57)20-6-2-4-13-41-34-59-51(38-27-23-36(31-53)24-28-38)63-49(41)42-15-7-8-16-43(42)55/h1-4,7-11,14-18,21-29,32,40-41,48-51,55H,5-6,12-13,19-20,33-34H2/b3-1-,4-2-/t40-,41-,48-,49+,50+,51+/m1/s1. The average molecular weight is 846 g/mol. The highest BCUT2D eigenvalue weighted by atomic mass is 16.7. The van der Waals surface area contributed by atoms with Gasteiger partial charge in [-0.05, 0) is 79.8 Å². The summed E-state index contributed by atoms with van der Waals surface area (Å²) in [7, 11) is 0. The minimum atomic E-state index is -0.663. The molecule has 6 atom stereocenters. The van der Waals surface area contributed by atoms with E-state index >= 15 is 0 Å². The van der Waals surface area contributed by atoms with Crippen LogP contribution in [0.5, 0.6) is 17.2 Å². The largest absolute Gasteiger partial charge is 0.508 e. The molecule has 0 amide bonds. The van der Waals surface area contributed by atoms with Crippen LogP contribution in [0.1, 0.15) is 96.7 Å². The van der Waals surface area contributed by atoms with Gasteiger partial charge in [-0.15, -0.1) is 0 Å². The number of carbonyl (C=O) groups excluding carboxylic acids is 2. The number of esters is 2. The zero-order valence-electron chi connectivity index (χ0n) is 34.5. The lowest BCUT2D eigenvalue weighted by molar-refractivity contribution is -0.244. The molecule has 0 radical (unpaired) electrons. The van der Waals surface area contributed by atoms with E-state index in [-0.39, 0.29) is 48.0 Å². The second-order valence-electron chi connectivity index (χ2n) is 15.2. The van der Waals surface area contributed by atoms with Crippen molar-refractivity contribution in [3.8, 4) is 29.4 Å². The number of nitriles is 2. The molecule has 4 aromatic carbocycles. The van der Waals surface area contributed by atoms with Crippen molar-refractivity contribution in [2.45, 2.75) is 63.3 Å². The summed E-state index contributed by atoms with van der Waals surface area (Å²) >= 11 is 0. The van der Waals surface area contributed by atoms with Gasteiger partial charge in [0.2, 0.25) is 0 Å². The number of rotatable bonds is 16. The van der Waals surface area contributed by atoms with Gasteiger partial charge < -0.3 is 33.5 Å². The third-order valence-corrected chi connectivity index (χ3v) is 10.7. The molecule has 0 spiro atoms. The van der Waals surface area contributed by atoms with E-state index in [1.807, 2.05) is 60.7 Å². The Morgan fingerprint density at radius 2 is 1.14 bits per heavy atom. The van der Waals surface area contributed by atoms with Gasteiger partial charge in [0, 0.05) is 53.8 Å². The first-order chi connectivity index (χ1) is 30.9. The van der Waals surface area contributed by atoms with E-state index in [2.05, 4.69) is 17.1 Å². The molecule has 0 aliphatic carbocycles. The summed E-state index contributed by atoms with van der Waals surface area (Å²) in [6, 6.07) is 35.9. The molecule has 2 aliphatic heterocycles. The van der Waals surface area contributed by atoms with Gasteiger partial charge in [0.1, 0.15) is 5.75 Å². The van der Waals surface area contributed by atoms with Crippen molar-refractivity contribution < 1.29 is 43.1 Å². The van der Waals surface area contributed by atoms with Crippen LogP contribution in [-0.2, 0) is 28.5 Å². The smallest absolute Gasteiger partial charge is 0.311 e. The number of phenols is 1. The summed E-state index contributed by atoms with van der Waals surface area (Å²) in [4.78, 5) is 30.0. The molecule has 2 fully saturated rings. The monoisotopic (exact) mass is 845 g/mol. The fourth-order valence-corrected chi connectivity index (χ4v) is 7.42. The summed E-state index contributed by atoms with van der Waals surface area (Å²) in [6.07, 6.45) is 11.6. The SMILES string of the molecule is N#Cc1ccc([C@H]2OC[C@@H](C/C=C\CCC(=O)Oc3ccccc3OC(=O)CC/C=C\C[C@@H]3CO[C@H](c4ccc(C#N)cc4)O[C@@H]3c3ccccc3O)[C@@H](c3cccnc3)O2)cc1. The number of nitrogens with zero attached hydrogens (tertiary/aromatic N) is 3. The van der Waals surface area contributed by atoms with Gasteiger partial charge in [0.05, 0.1) is 48.7 Å². The molecule has 12 nitrogen and oxygen atoms in total. The van der Waals surface area contributed by atoms with Gasteiger partial charge in [0.15, 0.2) is 24.1 Å². The number of hydrogen-bond acceptors (Lipinski definition) is 12. The third-order valence-electron chi connectivity index (χ3n) is 10.7. The van der Waals surface area contributed by atoms with Gasteiger partial charge in [-0.1, -0.05) is 85.0 Å². The minimum absolute atomic E-state index is 0.00247. The van der Waals surface area contributed by atoms with E-state index in [9.17, 15) is 20.0 Å². The second kappa shape index (κ2) is 22.2. The van der Waals surface area contributed by atoms with Crippen LogP contribution in [0.3, 0.4) is 0 Å². The summed E-state index contributed by atoms with van der Waals surface area (Å²) < 4.78 is 36.2. The Morgan fingerprint density at radius 1 is 0.635 bits per heavy atom. The van der Waals surface area contributed by atoms with Gasteiger partial charge in [0.25, 0.3) is 0 Å². The molecule has 2 saturated heterocycles. The Balaban J connectivity index is 0.855. The van der Waals surface area contributed by atoms with E-state index in [1.165, 1.54) is 0 Å². The van der Waals surface area contributed by atoms with Crippen molar-refractivity contribution in [2.75, 3.05) is 13.2 Å². The van der Waals surface area contributed by atoms with Gasteiger partial charge in [-0.2, -0.15) is 10.5 Å². The predicted molar refractivity (Wildman–Crippen MR) is 230 cm³/mol. The maximum atomic E-state index is 12.9. The Hall–Kier alpha value is -6.93. The number of aromatic nitrogens is 1. The van der Waals surface area contributed by atoms with Crippen molar-refractivity contribution in [3.05, 3.63) is 179 Å². The Bertz CT molecular complexity index is 2440. The number of para-hydroxylation sites is 3. The van der Waals surface area contributed by atoms with E-state index in [4.69, 9.17) is 33.7 Å². The first-order valence-corrected chi connectivity index (χ1v) is 20.9. The lowest BCUT2D eigenvalue weighted by Gasteiger charge is -2.37. The minimum Gasteiger partial charge on any atom is -0.508 e. The Labute approximate surface area is 366 Å². The van der Waals surface area contributed by atoms with E-state index in [1.54, 1.807) is 85.2 Å². The fourth-order valence-electron chi connectivity index (χ4n) is 7.42. The quantitative estimate of drug-likeness (QED) is 0.0567. The number of pyridine rings is 1. The molecule has 320 valence electrons. The van der Waals surface area contributed by atoms with Crippen LogP contribution in [0.2, 0.25) is 0 Å². The highest BCUT2D eigenvalue weighted by molar-refractivity contribution is 5.76. The van der Waals surface area contributed by atoms with Crippen LogP contribution < -0.4 is 9.47 Å². The maximum absolute atomic E-state index is 12.9. The molecule has 1 N–H and O–H groups in total. The number of hydrogen-bond donors (Lipinski definition) is 1. The number of carbonyl (C=O) groups is 2. The molecular formula is C51H47N3O9. The first-order valence-electron chi connectivity index (χ1n) is 20.9. The molecule has 7 rings (SSSR count). The molecule has 1 aromatic heterocycles. The van der Waals surface area contributed by atoms with E-state index in [0.29, 0.717) is 55.6 Å². The fraction of sp³-hybridized carbons (Fsp3) is 0.275. The van der Waals surface area contributed by atoms with Gasteiger partial charge >= 0.3 is 11.9 Å². The average Bonchev–Trinajstić information content (AvgIpc) is 3.32. The van der Waals surface area contributed by atoms with Crippen LogP contribution in [0.25, 0.3) is 0 Å². The van der Waals surface area contributed by atoms with Crippen LogP contribution in [0, 0.1) is 34.5 Å². The number of benzene rings is 4. The zero-order chi connectivity index (χ0) is 43.8. The maximum Gasteiger partial charge on any atom is 0.311 e. The molecule has 2 aliphatic rings. The van der Waals surface area contributed by atoms with Crippen LogP contribution in [-0.4, -0.2) is 35.2 Å². The van der Waals surface area contributed by atoms with E-state index < -0.39 is 30.6 Å². The molecule has 3 heterocycles. The molecule has 0 unspecified atom stereocenters. The Morgan fingerprint density at radius 3 is 1.65 bits per heavy atom. The lowest BCUT2D eigenvalue weighted by Crippen LogP contribution is -2.30. The highest BCUT2D eigenvalue weighted by Gasteiger charge is 2.35. The number of phenolic OH excluding ortho intramolecular Hbond substituents is 1. The molecule has 12 heteroatoms. The van der Waals surface area contributed by atoms with E-state index in [0.717, 1.165) is 16.7 Å². The number of aromatic hydroxyl groups is 1. The number of allylic oxidation sites excluding steroid dienone is 4. The molecule has 0 saturated carbocycles. The second-order valence-corrected chi connectivity index (χ2v) is 15.2. The van der Waals surface area contributed by atoms with Gasteiger partial charge in [-0.25, -0.2) is 0 Å². The normalized spacial score (nSPS) is 21.0. The number of ether oxygens (including phenoxy) is 6. The van der Waals surface area contributed by atoms with Crippen LogP contribution in [0.15, 0.2) is 146 Å². The highest BCUT2D eigenvalue weighted by Crippen LogP contribution is 2.43. The lowest BCUT2D eigenvalue weighted by atomic mass is 9.91. The zero-order valence-corrected chi connectivity index (χ0v) is 34.5.